The van der Waals surface area contributed by atoms with Gasteiger partial charge < -0.3 is 5.11 Å². The first kappa shape index (κ1) is 17.3. The van der Waals surface area contributed by atoms with Crippen LogP contribution in [0.25, 0.3) is 0 Å². The molecule has 1 atom stereocenters. The molecule has 1 N–H and O–H groups in total. The maximum atomic E-state index is 10.4. The van der Waals surface area contributed by atoms with Crippen LogP contribution in [0, 0.1) is 42.8 Å². The van der Waals surface area contributed by atoms with Crippen molar-refractivity contribution in [3.05, 3.63) is 0 Å². The molecule has 0 aliphatic carbocycles. The second-order valence-electron chi connectivity index (χ2n) is 3.89. The molecule has 1 radical (unpaired) electrons. The zero-order valence-electron chi connectivity index (χ0n) is 9.85. The smallest absolute Gasteiger partial charge is 0.104 e. The molecule has 0 aliphatic heterocycles. The summed E-state index contributed by atoms with van der Waals surface area (Å²) in [6.45, 7) is 10.9. The molecule has 3 heteroatoms. The quantitative estimate of drug-likeness (QED) is 0.752. The number of nitrogens with zero attached hydrogens (tertiary/aromatic N) is 1. The van der Waals surface area contributed by atoms with E-state index in [-0.39, 0.29) is 42.8 Å². The molecule has 93 valence electrons. The van der Waals surface area contributed by atoms with Gasteiger partial charge in [-0.3, -0.25) is 4.99 Å². The molecular weight excluding hydrogens is 337 g/mol. The molecule has 0 saturated heterocycles. The van der Waals surface area contributed by atoms with E-state index < -0.39 is 5.60 Å². The minimum Gasteiger partial charge on any atom is -0.384 e. The Bertz CT molecular complexity index is 180. The monoisotopic (exact) mass is 360 g/mol. The van der Waals surface area contributed by atoms with E-state index in [2.05, 4.69) is 11.9 Å². The summed E-state index contributed by atoms with van der Waals surface area (Å²) in [4.78, 5) is 4.30. The molecular formula is C11H23LuNO. The van der Waals surface area contributed by atoms with Crippen LogP contribution in [0.5, 0.6) is 0 Å². The maximum Gasteiger partial charge on any atom is 0.104 e. The maximum absolute atomic E-state index is 10.4. The SMILES string of the molecule is CCCC(O)(C(C)=NCC)C(C)C.[Lu]. The van der Waals surface area contributed by atoms with Gasteiger partial charge in [0.25, 0.3) is 0 Å². The third-order valence-electron chi connectivity index (χ3n) is 2.61. The summed E-state index contributed by atoms with van der Waals surface area (Å²) >= 11 is 0. The van der Waals surface area contributed by atoms with Gasteiger partial charge >= 0.3 is 0 Å². The Morgan fingerprint density at radius 2 is 1.86 bits per heavy atom. The van der Waals surface area contributed by atoms with Gasteiger partial charge in [0.2, 0.25) is 0 Å². The first-order valence-electron chi connectivity index (χ1n) is 5.22. The molecule has 0 rings (SSSR count). The zero-order chi connectivity index (χ0) is 10.5. The Hall–Kier alpha value is 0.864. The fourth-order valence-corrected chi connectivity index (χ4v) is 1.64. The van der Waals surface area contributed by atoms with Crippen molar-refractivity contribution in [2.45, 2.75) is 53.1 Å². The van der Waals surface area contributed by atoms with Crippen LogP contribution in [-0.4, -0.2) is 23.0 Å². The molecule has 0 bridgehead atoms. The average Bonchev–Trinajstić information content (AvgIpc) is 2.04. The number of rotatable bonds is 5. The predicted octanol–water partition coefficient (Wildman–Crippen LogP) is 2.65. The van der Waals surface area contributed by atoms with Gasteiger partial charge in [0.05, 0.1) is 0 Å². The normalized spacial score (nSPS) is 16.4. The predicted molar refractivity (Wildman–Crippen MR) is 58.3 cm³/mol. The zero-order valence-corrected chi connectivity index (χ0v) is 11.5. The van der Waals surface area contributed by atoms with E-state index in [1.807, 2.05) is 27.7 Å². The van der Waals surface area contributed by atoms with E-state index in [1.54, 1.807) is 0 Å². The molecule has 0 fully saturated rings. The van der Waals surface area contributed by atoms with Crippen LogP contribution in [0.15, 0.2) is 4.99 Å². The Morgan fingerprint density at radius 1 is 1.36 bits per heavy atom. The number of aliphatic hydroxyl groups is 1. The summed E-state index contributed by atoms with van der Waals surface area (Å²) < 4.78 is 0. The number of hydrogen-bond acceptors (Lipinski definition) is 2. The van der Waals surface area contributed by atoms with E-state index >= 15 is 0 Å². The Morgan fingerprint density at radius 3 is 2.14 bits per heavy atom. The van der Waals surface area contributed by atoms with E-state index in [1.165, 1.54) is 0 Å². The Kier molecular flexibility index (Phi) is 9.95. The van der Waals surface area contributed by atoms with Gasteiger partial charge in [0.15, 0.2) is 0 Å². The van der Waals surface area contributed by atoms with Crippen molar-refractivity contribution < 1.29 is 42.0 Å². The molecule has 0 spiro atoms. The topological polar surface area (TPSA) is 32.6 Å². The van der Waals surface area contributed by atoms with Gasteiger partial charge in [-0.05, 0) is 26.2 Å². The second-order valence-corrected chi connectivity index (χ2v) is 3.89. The molecule has 0 saturated carbocycles. The summed E-state index contributed by atoms with van der Waals surface area (Å²) in [5, 5.41) is 10.4. The van der Waals surface area contributed by atoms with Crippen molar-refractivity contribution in [2.75, 3.05) is 6.54 Å². The van der Waals surface area contributed by atoms with Crippen molar-refractivity contribution >= 4 is 5.71 Å². The van der Waals surface area contributed by atoms with E-state index in [0.717, 1.165) is 25.1 Å². The largest absolute Gasteiger partial charge is 0.384 e. The summed E-state index contributed by atoms with van der Waals surface area (Å²) in [6, 6.07) is 0. The standard InChI is InChI=1S/C11H23NO.Lu/c1-6-8-11(13,9(3)4)10(5)12-7-2;/h9,13H,6-8H2,1-5H3;. The van der Waals surface area contributed by atoms with Crippen LogP contribution in [0.2, 0.25) is 0 Å². The molecule has 0 aliphatic rings. The number of hydrogen-bond donors (Lipinski definition) is 1. The molecule has 1 unspecified atom stereocenters. The van der Waals surface area contributed by atoms with Crippen molar-refractivity contribution in [2.24, 2.45) is 10.9 Å². The van der Waals surface area contributed by atoms with E-state index in [9.17, 15) is 5.11 Å². The van der Waals surface area contributed by atoms with Crippen LogP contribution >= 0.6 is 0 Å². The first-order chi connectivity index (χ1) is 5.99. The Balaban J connectivity index is 0. The van der Waals surface area contributed by atoms with Gasteiger partial charge in [-0.1, -0.05) is 27.2 Å². The molecule has 0 amide bonds. The minimum absolute atomic E-state index is 0. The van der Waals surface area contributed by atoms with Gasteiger partial charge in [-0.25, -0.2) is 0 Å². The van der Waals surface area contributed by atoms with Gasteiger partial charge in [0.1, 0.15) is 5.60 Å². The molecule has 2 nitrogen and oxygen atoms in total. The third kappa shape index (κ3) is 4.59. The van der Waals surface area contributed by atoms with Gasteiger partial charge in [-0.15, -0.1) is 0 Å². The molecule has 14 heavy (non-hydrogen) atoms. The van der Waals surface area contributed by atoms with E-state index in [0.29, 0.717) is 0 Å². The second kappa shape index (κ2) is 8.07. The van der Waals surface area contributed by atoms with Crippen LogP contribution in [0.1, 0.15) is 47.5 Å². The molecule has 0 aromatic heterocycles. The third-order valence-corrected chi connectivity index (χ3v) is 2.61. The summed E-state index contributed by atoms with van der Waals surface area (Å²) in [7, 11) is 0. The first-order valence-corrected chi connectivity index (χ1v) is 5.22. The molecule has 0 aromatic carbocycles. The summed E-state index contributed by atoms with van der Waals surface area (Å²) in [5.74, 6) is 0.239. The van der Waals surface area contributed by atoms with Crippen molar-refractivity contribution in [3.8, 4) is 0 Å². The number of aliphatic imine (C=N–C) groups is 1. The van der Waals surface area contributed by atoms with Crippen LogP contribution < -0.4 is 0 Å². The summed E-state index contributed by atoms with van der Waals surface area (Å²) in [5.41, 5.74) is 0.192. The molecule has 0 heterocycles. The minimum atomic E-state index is -0.690. The average molecular weight is 360 g/mol. The van der Waals surface area contributed by atoms with Crippen LogP contribution in [0.4, 0.5) is 0 Å². The summed E-state index contributed by atoms with van der Waals surface area (Å²) in [6.07, 6.45) is 1.80. The van der Waals surface area contributed by atoms with Crippen molar-refractivity contribution in [1.82, 2.24) is 0 Å². The van der Waals surface area contributed by atoms with E-state index in [4.69, 9.17) is 0 Å². The molecule has 0 aromatic rings. The van der Waals surface area contributed by atoms with Crippen molar-refractivity contribution in [1.29, 1.82) is 0 Å². The van der Waals surface area contributed by atoms with Gasteiger partial charge in [0, 0.05) is 49.1 Å². The fourth-order valence-electron chi connectivity index (χ4n) is 1.64. The van der Waals surface area contributed by atoms with Crippen molar-refractivity contribution in [3.63, 3.8) is 0 Å². The fraction of sp³-hybridized carbons (Fsp3) is 0.909. The van der Waals surface area contributed by atoms with Gasteiger partial charge in [-0.2, -0.15) is 0 Å². The van der Waals surface area contributed by atoms with Crippen LogP contribution in [0.3, 0.4) is 0 Å². The Labute approximate surface area is 117 Å². The van der Waals surface area contributed by atoms with Crippen LogP contribution in [-0.2, 0) is 0 Å².